The van der Waals surface area contributed by atoms with Crippen LogP contribution < -0.4 is 10.1 Å². The minimum atomic E-state index is -0.489. The first-order valence-electron chi connectivity index (χ1n) is 6.42. The monoisotopic (exact) mass is 327 g/mol. The topological polar surface area (TPSA) is 47.6 Å². The second-order valence-corrected chi connectivity index (χ2v) is 5.68. The Kier molecular flexibility index (Phi) is 4.82. The predicted octanol–water partition coefficient (Wildman–Crippen LogP) is 2.64. The predicted molar refractivity (Wildman–Crippen MR) is 76.1 cm³/mol. The Hall–Kier alpha value is -1.07. The quantitative estimate of drug-likeness (QED) is 0.844. The number of hydrogen-bond acceptors (Lipinski definition) is 4. The number of hydrogen-bond donors (Lipinski definition) is 1. The summed E-state index contributed by atoms with van der Waals surface area (Å²) >= 11 is 3.48. The van der Waals surface area contributed by atoms with E-state index in [2.05, 4.69) is 35.1 Å². The third-order valence-corrected chi connectivity index (χ3v) is 3.52. The van der Waals surface area contributed by atoms with Gasteiger partial charge < -0.3 is 14.8 Å². The first-order chi connectivity index (χ1) is 9.08. The van der Waals surface area contributed by atoms with Gasteiger partial charge in [0.25, 0.3) is 0 Å². The highest BCUT2D eigenvalue weighted by Crippen LogP contribution is 2.31. The molecule has 0 bridgehead atoms. The zero-order valence-electron chi connectivity index (χ0n) is 11.1. The molecule has 5 heteroatoms. The number of rotatable bonds is 5. The minimum Gasteiger partial charge on any atom is -0.477 e. The van der Waals surface area contributed by atoms with Gasteiger partial charge in [-0.15, -0.1) is 0 Å². The Morgan fingerprint density at radius 3 is 2.95 bits per heavy atom. The Morgan fingerprint density at radius 2 is 2.32 bits per heavy atom. The van der Waals surface area contributed by atoms with Crippen LogP contribution in [0.15, 0.2) is 22.7 Å². The number of halogens is 1. The van der Waals surface area contributed by atoms with E-state index < -0.39 is 6.10 Å². The second kappa shape index (κ2) is 6.39. The summed E-state index contributed by atoms with van der Waals surface area (Å²) in [5.41, 5.74) is 1.03. The first kappa shape index (κ1) is 14.3. The number of carbonyl (C=O) groups is 1. The molecule has 1 aromatic rings. The van der Waals surface area contributed by atoms with E-state index in [9.17, 15) is 4.79 Å². The van der Waals surface area contributed by atoms with Crippen molar-refractivity contribution in [3.8, 4) is 5.75 Å². The number of carbonyl (C=O) groups excluding carboxylic acids is 1. The van der Waals surface area contributed by atoms with Gasteiger partial charge in [-0.2, -0.15) is 0 Å². The van der Waals surface area contributed by atoms with Crippen molar-refractivity contribution in [2.75, 3.05) is 6.61 Å². The molecule has 1 unspecified atom stereocenters. The third kappa shape index (κ3) is 3.70. The maximum atomic E-state index is 11.5. The van der Waals surface area contributed by atoms with Crippen LogP contribution in [-0.2, 0) is 16.1 Å². The molecule has 1 N–H and O–H groups in total. The number of nitrogens with one attached hydrogen (secondary N) is 1. The zero-order valence-corrected chi connectivity index (χ0v) is 12.7. The van der Waals surface area contributed by atoms with E-state index in [1.165, 1.54) is 0 Å². The van der Waals surface area contributed by atoms with E-state index in [0.717, 1.165) is 15.8 Å². The maximum absolute atomic E-state index is 11.5. The van der Waals surface area contributed by atoms with Crippen molar-refractivity contribution in [2.24, 2.45) is 0 Å². The van der Waals surface area contributed by atoms with Gasteiger partial charge in [0.1, 0.15) is 5.75 Å². The van der Waals surface area contributed by atoms with Crippen LogP contribution in [0.5, 0.6) is 5.75 Å². The van der Waals surface area contributed by atoms with Gasteiger partial charge in [0, 0.05) is 24.6 Å². The smallest absolute Gasteiger partial charge is 0.347 e. The van der Waals surface area contributed by atoms with Crippen molar-refractivity contribution < 1.29 is 14.3 Å². The molecule has 0 spiro atoms. The lowest BCUT2D eigenvalue weighted by Crippen LogP contribution is -2.25. The van der Waals surface area contributed by atoms with E-state index in [0.29, 0.717) is 25.6 Å². The summed E-state index contributed by atoms with van der Waals surface area (Å²) < 4.78 is 11.6. The van der Waals surface area contributed by atoms with E-state index in [1.807, 2.05) is 18.2 Å². The molecule has 0 amide bonds. The van der Waals surface area contributed by atoms with Gasteiger partial charge >= 0.3 is 5.97 Å². The van der Waals surface area contributed by atoms with E-state index in [4.69, 9.17) is 9.47 Å². The fourth-order valence-corrected chi connectivity index (χ4v) is 2.37. The molecule has 1 aliphatic heterocycles. The molecular formula is C14H18BrNO3. The van der Waals surface area contributed by atoms with Gasteiger partial charge in [0.15, 0.2) is 6.10 Å². The van der Waals surface area contributed by atoms with Crippen molar-refractivity contribution in [3.63, 3.8) is 0 Å². The lowest BCUT2D eigenvalue weighted by atomic mass is 10.2. The molecule has 1 saturated heterocycles. The summed E-state index contributed by atoms with van der Waals surface area (Å²) in [6.45, 7) is 5.32. The molecule has 0 radical (unpaired) electrons. The van der Waals surface area contributed by atoms with Crippen LogP contribution in [-0.4, -0.2) is 24.7 Å². The third-order valence-electron chi connectivity index (χ3n) is 2.90. The Bertz CT molecular complexity index is 462. The average molecular weight is 328 g/mol. The Balaban J connectivity index is 2.15. The molecule has 1 aliphatic rings. The average Bonchev–Trinajstić information content (AvgIpc) is 2.76. The molecule has 1 atom stereocenters. The van der Waals surface area contributed by atoms with Crippen LogP contribution in [0.1, 0.15) is 25.8 Å². The molecule has 4 nitrogen and oxygen atoms in total. The molecule has 2 rings (SSSR count). The van der Waals surface area contributed by atoms with Crippen LogP contribution in [0.2, 0.25) is 0 Å². The maximum Gasteiger partial charge on any atom is 0.347 e. The van der Waals surface area contributed by atoms with Crippen LogP contribution >= 0.6 is 15.9 Å². The van der Waals surface area contributed by atoms with Gasteiger partial charge in [-0.3, -0.25) is 0 Å². The molecule has 19 heavy (non-hydrogen) atoms. The first-order valence-corrected chi connectivity index (χ1v) is 7.21. The molecule has 104 valence electrons. The number of esters is 1. The highest BCUT2D eigenvalue weighted by atomic mass is 79.9. The molecule has 0 aromatic heterocycles. The summed E-state index contributed by atoms with van der Waals surface area (Å²) in [4.78, 5) is 11.5. The van der Waals surface area contributed by atoms with Crippen molar-refractivity contribution in [1.29, 1.82) is 0 Å². The number of para-hydroxylation sites is 1. The molecule has 1 heterocycles. The normalized spacial score (nSPS) is 18.7. The molecule has 0 aliphatic carbocycles. The van der Waals surface area contributed by atoms with Gasteiger partial charge in [-0.25, -0.2) is 4.79 Å². The molecule has 1 fully saturated rings. The van der Waals surface area contributed by atoms with E-state index in [-0.39, 0.29) is 5.97 Å². The van der Waals surface area contributed by atoms with Crippen molar-refractivity contribution in [2.45, 2.75) is 39.0 Å². The Labute approximate surface area is 121 Å². The fraction of sp³-hybridized carbons (Fsp3) is 0.500. The summed E-state index contributed by atoms with van der Waals surface area (Å²) in [6, 6.07) is 6.26. The van der Waals surface area contributed by atoms with Crippen LogP contribution in [0.4, 0.5) is 0 Å². The van der Waals surface area contributed by atoms with Crippen molar-refractivity contribution >= 4 is 21.9 Å². The number of benzene rings is 1. The van der Waals surface area contributed by atoms with Crippen LogP contribution in [0, 0.1) is 0 Å². The standard InChI is InChI=1S/C14H18BrNO3/c1-9(2)16-8-10-4-3-5-11(15)13(10)19-12-6-7-18-14(12)17/h3-5,9,12,16H,6-8H2,1-2H3. The van der Waals surface area contributed by atoms with Gasteiger partial charge in [-0.1, -0.05) is 26.0 Å². The minimum absolute atomic E-state index is 0.279. The lowest BCUT2D eigenvalue weighted by molar-refractivity contribution is -0.143. The van der Waals surface area contributed by atoms with Gasteiger partial charge in [0.05, 0.1) is 11.1 Å². The number of ether oxygens (including phenoxy) is 2. The van der Waals surface area contributed by atoms with E-state index in [1.54, 1.807) is 0 Å². The van der Waals surface area contributed by atoms with Crippen molar-refractivity contribution in [3.05, 3.63) is 28.2 Å². The molecule has 0 saturated carbocycles. The summed E-state index contributed by atoms with van der Waals surface area (Å²) in [7, 11) is 0. The second-order valence-electron chi connectivity index (χ2n) is 4.83. The van der Waals surface area contributed by atoms with Gasteiger partial charge in [0.2, 0.25) is 0 Å². The molecule has 1 aromatic carbocycles. The summed E-state index contributed by atoms with van der Waals surface area (Å²) in [5, 5.41) is 3.35. The SMILES string of the molecule is CC(C)NCc1cccc(Br)c1OC1CCOC1=O. The van der Waals surface area contributed by atoms with E-state index >= 15 is 0 Å². The highest BCUT2D eigenvalue weighted by molar-refractivity contribution is 9.10. The fourth-order valence-electron chi connectivity index (χ4n) is 1.87. The zero-order chi connectivity index (χ0) is 13.8. The molecular weight excluding hydrogens is 310 g/mol. The summed E-state index contributed by atoms with van der Waals surface area (Å²) in [6.07, 6.45) is 0.119. The van der Waals surface area contributed by atoms with Gasteiger partial charge in [-0.05, 0) is 22.0 Å². The van der Waals surface area contributed by atoms with Crippen molar-refractivity contribution in [1.82, 2.24) is 5.32 Å². The van der Waals surface area contributed by atoms with Crippen LogP contribution in [0.25, 0.3) is 0 Å². The largest absolute Gasteiger partial charge is 0.477 e. The number of cyclic esters (lactones) is 1. The van der Waals surface area contributed by atoms with Crippen LogP contribution in [0.3, 0.4) is 0 Å². The highest BCUT2D eigenvalue weighted by Gasteiger charge is 2.29. The lowest BCUT2D eigenvalue weighted by Gasteiger charge is -2.17. The Morgan fingerprint density at radius 1 is 1.53 bits per heavy atom. The summed E-state index contributed by atoms with van der Waals surface area (Å²) in [5.74, 6) is 0.443.